The molecule has 1 N–H and O–H groups in total. The van der Waals surface area contributed by atoms with E-state index in [0.29, 0.717) is 16.9 Å². The summed E-state index contributed by atoms with van der Waals surface area (Å²) in [6.07, 6.45) is 4.85. The Morgan fingerprint density at radius 3 is 2.25 bits per heavy atom. The molecule has 166 valence electrons. The number of carbonyl (C=O) groups is 1. The van der Waals surface area contributed by atoms with E-state index < -0.39 is 10.0 Å². The molecule has 3 aromatic rings. The van der Waals surface area contributed by atoms with Gasteiger partial charge in [-0.05, 0) is 56.2 Å². The fraction of sp³-hybridized carbons (Fsp3) is 0.292. The molecule has 32 heavy (non-hydrogen) atoms. The van der Waals surface area contributed by atoms with E-state index in [4.69, 9.17) is 0 Å². The molecule has 8 heteroatoms. The number of hydrogen-bond acceptors (Lipinski definition) is 6. The summed E-state index contributed by atoms with van der Waals surface area (Å²) in [5.41, 5.74) is 2.34. The van der Waals surface area contributed by atoms with Crippen molar-refractivity contribution in [2.24, 2.45) is 0 Å². The molecule has 1 aliphatic heterocycles. The number of sulfonamides is 1. The van der Waals surface area contributed by atoms with Crippen molar-refractivity contribution < 1.29 is 13.2 Å². The number of aromatic nitrogens is 2. The van der Waals surface area contributed by atoms with Crippen molar-refractivity contribution in [1.82, 2.24) is 10.2 Å². The van der Waals surface area contributed by atoms with E-state index in [-0.39, 0.29) is 10.7 Å². The largest absolute Gasteiger partial charge is 0.355 e. The number of nitrogens with one attached hydrogen (secondary N) is 1. The molecule has 7 nitrogen and oxygen atoms in total. The number of anilines is 2. The van der Waals surface area contributed by atoms with Crippen LogP contribution in [0.4, 0.5) is 11.5 Å². The Bertz CT molecular complexity index is 1180. The summed E-state index contributed by atoms with van der Waals surface area (Å²) in [7, 11) is -3.78. The van der Waals surface area contributed by atoms with Gasteiger partial charge in [-0.25, -0.2) is 8.42 Å². The van der Waals surface area contributed by atoms with Crippen molar-refractivity contribution in [1.29, 1.82) is 0 Å². The molecule has 0 aliphatic carbocycles. The van der Waals surface area contributed by atoms with Crippen molar-refractivity contribution in [3.05, 3.63) is 66.2 Å². The standard InChI is InChI=1S/C24H26N4O3S/c1-18(29)19-9-11-22(12-10-19)32(30,31)27-21-8-6-7-20(17-21)23-13-14-24(26-25-23)28-15-4-2-3-5-16-28/h6-14,17,27H,2-5,15-16H2,1H3. The molecular weight excluding hydrogens is 424 g/mol. The number of ketones is 1. The highest BCUT2D eigenvalue weighted by Crippen LogP contribution is 2.24. The highest BCUT2D eigenvalue weighted by Gasteiger charge is 2.16. The molecular formula is C24H26N4O3S. The minimum atomic E-state index is -3.78. The molecule has 0 saturated carbocycles. The van der Waals surface area contributed by atoms with Gasteiger partial charge in [0, 0.05) is 29.9 Å². The van der Waals surface area contributed by atoms with E-state index in [2.05, 4.69) is 19.8 Å². The van der Waals surface area contributed by atoms with Crippen LogP contribution in [-0.2, 0) is 10.0 Å². The zero-order chi connectivity index (χ0) is 22.6. The van der Waals surface area contributed by atoms with E-state index in [1.54, 1.807) is 18.2 Å². The van der Waals surface area contributed by atoms with Crippen LogP contribution in [0.1, 0.15) is 43.0 Å². The zero-order valence-corrected chi connectivity index (χ0v) is 18.8. The van der Waals surface area contributed by atoms with Crippen LogP contribution in [0.2, 0.25) is 0 Å². The van der Waals surface area contributed by atoms with Crippen LogP contribution in [0.15, 0.2) is 65.6 Å². The number of Topliss-reactive ketones (excluding diaryl/α,β-unsaturated/α-hetero) is 1. The van der Waals surface area contributed by atoms with E-state index in [1.807, 2.05) is 18.2 Å². The van der Waals surface area contributed by atoms with Crippen molar-refractivity contribution in [2.75, 3.05) is 22.7 Å². The summed E-state index contributed by atoms with van der Waals surface area (Å²) in [6.45, 7) is 3.44. The molecule has 4 rings (SSSR count). The minimum Gasteiger partial charge on any atom is -0.355 e. The fourth-order valence-corrected chi connectivity index (χ4v) is 4.82. The van der Waals surface area contributed by atoms with E-state index in [9.17, 15) is 13.2 Å². The monoisotopic (exact) mass is 450 g/mol. The Morgan fingerprint density at radius 2 is 1.62 bits per heavy atom. The molecule has 0 unspecified atom stereocenters. The maximum Gasteiger partial charge on any atom is 0.261 e. The minimum absolute atomic E-state index is 0.0921. The summed E-state index contributed by atoms with van der Waals surface area (Å²) in [4.78, 5) is 13.8. The molecule has 1 aromatic heterocycles. The van der Waals surface area contributed by atoms with Gasteiger partial charge in [-0.3, -0.25) is 9.52 Å². The van der Waals surface area contributed by atoms with Crippen LogP contribution in [0.5, 0.6) is 0 Å². The average molecular weight is 451 g/mol. The summed E-state index contributed by atoms with van der Waals surface area (Å²) in [5.74, 6) is 0.763. The van der Waals surface area contributed by atoms with Gasteiger partial charge in [0.05, 0.1) is 10.6 Å². The van der Waals surface area contributed by atoms with E-state index in [1.165, 1.54) is 56.9 Å². The molecule has 1 saturated heterocycles. The van der Waals surface area contributed by atoms with Gasteiger partial charge in [-0.1, -0.05) is 37.1 Å². The van der Waals surface area contributed by atoms with Crippen molar-refractivity contribution in [2.45, 2.75) is 37.5 Å². The smallest absolute Gasteiger partial charge is 0.261 e. The molecule has 1 fully saturated rings. The number of carbonyl (C=O) groups excluding carboxylic acids is 1. The highest BCUT2D eigenvalue weighted by molar-refractivity contribution is 7.92. The van der Waals surface area contributed by atoms with Gasteiger partial charge in [0.15, 0.2) is 11.6 Å². The topological polar surface area (TPSA) is 92.3 Å². The predicted molar refractivity (Wildman–Crippen MR) is 125 cm³/mol. The lowest BCUT2D eigenvalue weighted by Gasteiger charge is -2.20. The van der Waals surface area contributed by atoms with Gasteiger partial charge < -0.3 is 4.90 Å². The van der Waals surface area contributed by atoms with Gasteiger partial charge in [-0.2, -0.15) is 0 Å². The van der Waals surface area contributed by atoms with Crippen LogP contribution in [0.3, 0.4) is 0 Å². The van der Waals surface area contributed by atoms with Crippen LogP contribution in [0, 0.1) is 0 Å². The molecule has 0 amide bonds. The lowest BCUT2D eigenvalue weighted by molar-refractivity contribution is 0.101. The fourth-order valence-electron chi connectivity index (χ4n) is 3.77. The Hall–Kier alpha value is -3.26. The molecule has 2 aromatic carbocycles. The average Bonchev–Trinajstić information content (AvgIpc) is 3.09. The summed E-state index contributed by atoms with van der Waals surface area (Å²) in [6, 6.07) is 16.8. The molecule has 0 bridgehead atoms. The second kappa shape index (κ2) is 9.48. The third-order valence-corrected chi connectivity index (χ3v) is 6.96. The zero-order valence-electron chi connectivity index (χ0n) is 18.0. The first-order chi connectivity index (χ1) is 15.4. The van der Waals surface area contributed by atoms with Crippen molar-refractivity contribution in [3.8, 4) is 11.3 Å². The predicted octanol–water partition coefficient (Wildman–Crippen LogP) is 4.53. The highest BCUT2D eigenvalue weighted by atomic mass is 32.2. The lowest BCUT2D eigenvalue weighted by atomic mass is 10.1. The molecule has 0 spiro atoms. The third kappa shape index (κ3) is 5.13. The van der Waals surface area contributed by atoms with Crippen LogP contribution in [0.25, 0.3) is 11.3 Å². The van der Waals surface area contributed by atoms with Crippen LogP contribution in [-0.4, -0.2) is 37.5 Å². The number of hydrogen-bond donors (Lipinski definition) is 1. The lowest BCUT2D eigenvalue weighted by Crippen LogP contribution is -2.25. The molecule has 0 radical (unpaired) electrons. The SMILES string of the molecule is CC(=O)c1ccc(S(=O)(=O)Nc2cccc(-c3ccc(N4CCCCCC4)nn3)c2)cc1. The first kappa shape index (κ1) is 22.0. The Labute approximate surface area is 188 Å². The number of rotatable bonds is 6. The van der Waals surface area contributed by atoms with Crippen LogP contribution >= 0.6 is 0 Å². The van der Waals surface area contributed by atoms with Gasteiger partial charge in [0.1, 0.15) is 0 Å². The van der Waals surface area contributed by atoms with Gasteiger partial charge in [-0.15, -0.1) is 10.2 Å². The Kier molecular flexibility index (Phi) is 6.50. The quantitative estimate of drug-likeness (QED) is 0.555. The molecule has 0 atom stereocenters. The Morgan fingerprint density at radius 1 is 0.906 bits per heavy atom. The first-order valence-corrected chi connectivity index (χ1v) is 12.2. The number of nitrogens with zero attached hydrogens (tertiary/aromatic N) is 3. The molecule has 1 aliphatic rings. The van der Waals surface area contributed by atoms with Crippen molar-refractivity contribution in [3.63, 3.8) is 0 Å². The molecule has 2 heterocycles. The van der Waals surface area contributed by atoms with Gasteiger partial charge in [0.25, 0.3) is 10.0 Å². The summed E-state index contributed by atoms with van der Waals surface area (Å²) < 4.78 is 28.1. The third-order valence-electron chi connectivity index (χ3n) is 5.56. The van der Waals surface area contributed by atoms with Crippen LogP contribution < -0.4 is 9.62 Å². The van der Waals surface area contributed by atoms with E-state index >= 15 is 0 Å². The van der Waals surface area contributed by atoms with Gasteiger partial charge in [0.2, 0.25) is 0 Å². The maximum absolute atomic E-state index is 12.7. The normalized spacial score (nSPS) is 14.6. The van der Waals surface area contributed by atoms with Crippen molar-refractivity contribution >= 4 is 27.3 Å². The summed E-state index contributed by atoms with van der Waals surface area (Å²) >= 11 is 0. The Balaban J connectivity index is 1.51. The number of benzene rings is 2. The summed E-state index contributed by atoms with van der Waals surface area (Å²) in [5, 5.41) is 8.78. The van der Waals surface area contributed by atoms with E-state index in [0.717, 1.165) is 24.5 Å². The van der Waals surface area contributed by atoms with Gasteiger partial charge >= 0.3 is 0 Å². The first-order valence-electron chi connectivity index (χ1n) is 10.8. The second-order valence-electron chi connectivity index (χ2n) is 7.94. The second-order valence-corrected chi connectivity index (χ2v) is 9.63. The maximum atomic E-state index is 12.7.